The van der Waals surface area contributed by atoms with Crippen LogP contribution in [0.1, 0.15) is 175 Å². The van der Waals surface area contributed by atoms with E-state index in [4.69, 9.17) is 9.47 Å². The molecule has 0 aromatic heterocycles. The third-order valence-electron chi connectivity index (χ3n) is 8.33. The maximum atomic E-state index is 12.8. The van der Waals surface area contributed by atoms with Crippen molar-refractivity contribution in [2.45, 2.75) is 188 Å². The van der Waals surface area contributed by atoms with E-state index >= 15 is 0 Å². The molecule has 0 aliphatic heterocycles. The summed E-state index contributed by atoms with van der Waals surface area (Å²) < 4.78 is 12.2. The van der Waals surface area contributed by atoms with Crippen molar-refractivity contribution in [3.8, 4) is 0 Å². The molecule has 256 valence electrons. The summed E-state index contributed by atoms with van der Waals surface area (Å²) in [6, 6.07) is 0. The number of hydrogen-bond acceptors (Lipinski definition) is 6. The van der Waals surface area contributed by atoms with Gasteiger partial charge in [0.15, 0.2) is 0 Å². The van der Waals surface area contributed by atoms with Crippen LogP contribution in [0.5, 0.6) is 0 Å². The minimum absolute atomic E-state index is 0.0495. The summed E-state index contributed by atoms with van der Waals surface area (Å²) in [6.07, 6.45) is 24.7. The van der Waals surface area contributed by atoms with Crippen molar-refractivity contribution < 1.29 is 19.1 Å². The Bertz CT molecular complexity index is 582. The van der Waals surface area contributed by atoms with Crippen molar-refractivity contribution in [3.63, 3.8) is 0 Å². The molecule has 0 aliphatic carbocycles. The summed E-state index contributed by atoms with van der Waals surface area (Å²) in [5.74, 6) is -0.0990. The fourth-order valence-electron chi connectivity index (χ4n) is 5.62. The number of esters is 2. The molecule has 0 aliphatic rings. The molecule has 2 atom stereocenters. The van der Waals surface area contributed by atoms with Crippen LogP contribution < -0.4 is 0 Å². The van der Waals surface area contributed by atoms with E-state index in [1.807, 2.05) is 0 Å². The topological polar surface area (TPSA) is 59.1 Å². The number of nitrogens with zero attached hydrogens (tertiary/aromatic N) is 2. The average Bonchev–Trinajstić information content (AvgIpc) is 2.97. The molecule has 0 rings (SSSR count). The third kappa shape index (κ3) is 28.1. The van der Waals surface area contributed by atoms with Gasteiger partial charge in [-0.05, 0) is 72.1 Å². The van der Waals surface area contributed by atoms with Crippen LogP contribution in [0.15, 0.2) is 0 Å². The van der Waals surface area contributed by atoms with Crippen LogP contribution in [0.2, 0.25) is 0 Å². The zero-order chi connectivity index (χ0) is 32.0. The van der Waals surface area contributed by atoms with E-state index in [-0.39, 0.29) is 24.1 Å². The molecule has 0 radical (unpaired) electrons. The van der Waals surface area contributed by atoms with Gasteiger partial charge in [0.05, 0.1) is 0 Å². The molecular formula is C37H74N2O4. The molecule has 0 spiro atoms. The minimum atomic E-state index is -0.105. The van der Waals surface area contributed by atoms with E-state index in [1.54, 1.807) is 0 Å². The van der Waals surface area contributed by atoms with Gasteiger partial charge in [-0.3, -0.25) is 14.5 Å². The first kappa shape index (κ1) is 41.9. The molecule has 0 fully saturated rings. The Labute approximate surface area is 268 Å². The monoisotopic (exact) mass is 611 g/mol. The molecule has 0 saturated carbocycles. The van der Waals surface area contributed by atoms with E-state index < -0.39 is 0 Å². The van der Waals surface area contributed by atoms with Gasteiger partial charge in [-0.2, -0.15) is 0 Å². The summed E-state index contributed by atoms with van der Waals surface area (Å²) >= 11 is 0. The molecule has 43 heavy (non-hydrogen) atoms. The van der Waals surface area contributed by atoms with Gasteiger partial charge in [0.25, 0.3) is 0 Å². The van der Waals surface area contributed by atoms with Crippen LogP contribution in [0.4, 0.5) is 0 Å². The number of unbranched alkanes of at least 4 members (excludes halogenated alkanes) is 14. The zero-order valence-corrected chi connectivity index (χ0v) is 29.8. The van der Waals surface area contributed by atoms with Gasteiger partial charge in [-0.1, -0.05) is 118 Å². The summed E-state index contributed by atoms with van der Waals surface area (Å²) in [5.41, 5.74) is 0. The normalized spacial score (nSPS) is 13.0. The lowest BCUT2D eigenvalue weighted by Crippen LogP contribution is -2.42. The molecule has 0 heterocycles. The lowest BCUT2D eigenvalue weighted by atomic mass is 10.1. The van der Waals surface area contributed by atoms with Crippen LogP contribution in [-0.4, -0.2) is 74.2 Å². The van der Waals surface area contributed by atoms with E-state index in [9.17, 15) is 9.59 Å². The Morgan fingerprint density at radius 1 is 0.488 bits per heavy atom. The summed E-state index contributed by atoms with van der Waals surface area (Å²) in [7, 11) is 4.21. The molecule has 2 unspecified atom stereocenters. The highest BCUT2D eigenvalue weighted by Crippen LogP contribution is 2.16. The minimum Gasteiger partial charge on any atom is -0.461 e. The second-order valence-electron chi connectivity index (χ2n) is 13.2. The predicted molar refractivity (Wildman–Crippen MR) is 184 cm³/mol. The van der Waals surface area contributed by atoms with Crippen LogP contribution in [-0.2, 0) is 19.1 Å². The van der Waals surface area contributed by atoms with Gasteiger partial charge in [-0.15, -0.1) is 0 Å². The maximum absolute atomic E-state index is 12.8. The van der Waals surface area contributed by atoms with E-state index in [0.717, 1.165) is 83.7 Å². The van der Waals surface area contributed by atoms with Gasteiger partial charge in [0, 0.05) is 25.9 Å². The van der Waals surface area contributed by atoms with Crippen molar-refractivity contribution in [2.75, 3.05) is 40.3 Å². The van der Waals surface area contributed by atoms with Gasteiger partial charge < -0.3 is 14.4 Å². The smallest absolute Gasteiger partial charge is 0.306 e. The average molecular weight is 611 g/mol. The van der Waals surface area contributed by atoms with Crippen molar-refractivity contribution in [2.24, 2.45) is 0 Å². The molecule has 0 aromatic carbocycles. The maximum Gasteiger partial charge on any atom is 0.306 e. The lowest BCUT2D eigenvalue weighted by molar-refractivity contribution is -0.152. The molecule has 6 heteroatoms. The quantitative estimate of drug-likeness (QED) is 0.0558. The fraction of sp³-hybridized carbons (Fsp3) is 0.946. The Hall–Kier alpha value is -1.14. The molecule has 0 amide bonds. The molecule has 0 aromatic rings. The number of carbonyl (C=O) groups excluding carboxylic acids is 2. The van der Waals surface area contributed by atoms with Crippen molar-refractivity contribution in [3.05, 3.63) is 0 Å². The number of carbonyl (C=O) groups is 2. The first-order valence-electron chi connectivity index (χ1n) is 18.6. The largest absolute Gasteiger partial charge is 0.461 e. The Balaban J connectivity index is 5.09. The summed E-state index contributed by atoms with van der Waals surface area (Å²) in [6.45, 7) is 12.2. The van der Waals surface area contributed by atoms with Gasteiger partial charge in [0.1, 0.15) is 12.2 Å². The highest BCUT2D eigenvalue weighted by atomic mass is 16.5. The number of hydrogen-bond donors (Lipinski definition) is 0. The van der Waals surface area contributed by atoms with Crippen LogP contribution in [0.25, 0.3) is 0 Å². The predicted octanol–water partition coefficient (Wildman–Crippen LogP) is 9.73. The first-order chi connectivity index (χ1) is 20.9. The van der Waals surface area contributed by atoms with Crippen molar-refractivity contribution >= 4 is 11.9 Å². The molecule has 0 bridgehead atoms. The SMILES string of the molecule is CCCCCCCCCC(=O)OC(CCCC)CN(CCCN(C)C)CC(CCCC)OC(=O)CCCCCCCCC. The number of rotatable bonds is 32. The molecule has 0 N–H and O–H groups in total. The molecular weight excluding hydrogens is 536 g/mol. The van der Waals surface area contributed by atoms with Crippen LogP contribution in [0, 0.1) is 0 Å². The Kier molecular flexibility index (Phi) is 30.0. The number of ether oxygens (including phenoxy) is 2. The first-order valence-corrected chi connectivity index (χ1v) is 18.6. The van der Waals surface area contributed by atoms with Crippen LogP contribution in [0.3, 0.4) is 0 Å². The zero-order valence-electron chi connectivity index (χ0n) is 29.8. The second kappa shape index (κ2) is 30.9. The molecule has 6 nitrogen and oxygen atoms in total. The Morgan fingerprint density at radius 2 is 0.860 bits per heavy atom. The van der Waals surface area contributed by atoms with Gasteiger partial charge in [-0.25, -0.2) is 0 Å². The van der Waals surface area contributed by atoms with E-state index in [0.29, 0.717) is 25.9 Å². The fourth-order valence-corrected chi connectivity index (χ4v) is 5.62. The van der Waals surface area contributed by atoms with Gasteiger partial charge in [0.2, 0.25) is 0 Å². The van der Waals surface area contributed by atoms with Crippen molar-refractivity contribution in [1.29, 1.82) is 0 Å². The summed E-state index contributed by atoms with van der Waals surface area (Å²) in [4.78, 5) is 30.3. The summed E-state index contributed by atoms with van der Waals surface area (Å²) in [5, 5.41) is 0. The standard InChI is InChI=1S/C37H74N2O4/c1-7-11-15-17-19-21-23-28-36(40)42-34(26-13-9-3)32-39(31-25-30-38(5)6)33-35(27-14-10-4)43-37(41)29-24-22-20-18-16-12-8-2/h34-35H,7-33H2,1-6H3. The van der Waals surface area contributed by atoms with E-state index in [2.05, 4.69) is 51.6 Å². The highest BCUT2D eigenvalue weighted by Gasteiger charge is 2.23. The Morgan fingerprint density at radius 3 is 1.23 bits per heavy atom. The van der Waals surface area contributed by atoms with Crippen LogP contribution >= 0.6 is 0 Å². The lowest BCUT2D eigenvalue weighted by Gasteiger charge is -2.31. The molecule has 0 saturated heterocycles. The van der Waals surface area contributed by atoms with Crippen molar-refractivity contribution in [1.82, 2.24) is 9.80 Å². The highest BCUT2D eigenvalue weighted by molar-refractivity contribution is 5.69. The van der Waals surface area contributed by atoms with Gasteiger partial charge >= 0.3 is 11.9 Å². The second-order valence-corrected chi connectivity index (χ2v) is 13.2. The third-order valence-corrected chi connectivity index (χ3v) is 8.33. The van der Waals surface area contributed by atoms with E-state index in [1.165, 1.54) is 64.2 Å².